The monoisotopic (exact) mass is 278 g/mol. The maximum atomic E-state index is 13.7. The summed E-state index contributed by atoms with van der Waals surface area (Å²) in [5.41, 5.74) is 6.83. The number of hydrogen-bond acceptors (Lipinski definition) is 2. The molecule has 2 unspecified atom stereocenters. The number of nitrogens with two attached hydrogens (primary N) is 1. The molecule has 0 aromatic heterocycles. The molecular weight excluding hydrogens is 251 g/mol. The fourth-order valence-electron chi connectivity index (χ4n) is 3.18. The first-order valence-corrected chi connectivity index (χ1v) is 7.80. The fourth-order valence-corrected chi connectivity index (χ4v) is 3.18. The molecule has 0 spiro atoms. The summed E-state index contributed by atoms with van der Waals surface area (Å²) in [4.78, 5) is 2.40. The fraction of sp³-hybridized carbons (Fsp3) is 0.647. The van der Waals surface area contributed by atoms with Gasteiger partial charge < -0.3 is 10.6 Å². The first-order valence-electron chi connectivity index (χ1n) is 7.80. The van der Waals surface area contributed by atoms with E-state index in [1.54, 1.807) is 12.1 Å². The van der Waals surface area contributed by atoms with E-state index in [2.05, 4.69) is 18.7 Å². The summed E-state index contributed by atoms with van der Waals surface area (Å²) in [6, 6.07) is 6.63. The molecule has 1 saturated heterocycles. The highest BCUT2D eigenvalue weighted by Gasteiger charge is 2.21. The Bertz CT molecular complexity index is 419. The van der Waals surface area contributed by atoms with Crippen molar-refractivity contribution in [1.29, 1.82) is 0 Å². The predicted octanol–water partition coefficient (Wildman–Crippen LogP) is 3.58. The summed E-state index contributed by atoms with van der Waals surface area (Å²) in [6.45, 7) is 7.55. The van der Waals surface area contributed by atoms with Gasteiger partial charge in [0.05, 0.1) is 0 Å². The Morgan fingerprint density at radius 2 is 2.00 bits per heavy atom. The van der Waals surface area contributed by atoms with Crippen LogP contribution < -0.4 is 5.73 Å². The van der Waals surface area contributed by atoms with Crippen molar-refractivity contribution in [2.45, 2.75) is 39.2 Å². The summed E-state index contributed by atoms with van der Waals surface area (Å²) in [5, 5.41) is 0. The number of benzene rings is 1. The maximum Gasteiger partial charge on any atom is 0.128 e. The Labute approximate surface area is 122 Å². The van der Waals surface area contributed by atoms with Crippen LogP contribution in [-0.4, -0.2) is 24.5 Å². The predicted molar refractivity (Wildman–Crippen MR) is 81.9 cm³/mol. The van der Waals surface area contributed by atoms with Crippen molar-refractivity contribution in [2.24, 2.45) is 17.6 Å². The minimum atomic E-state index is -0.230. The van der Waals surface area contributed by atoms with Gasteiger partial charge in [0, 0.05) is 18.2 Å². The molecule has 20 heavy (non-hydrogen) atoms. The van der Waals surface area contributed by atoms with Gasteiger partial charge in [0.15, 0.2) is 0 Å². The van der Waals surface area contributed by atoms with Crippen LogP contribution in [0.25, 0.3) is 0 Å². The Morgan fingerprint density at radius 1 is 1.25 bits per heavy atom. The van der Waals surface area contributed by atoms with E-state index in [-0.39, 0.29) is 11.9 Å². The zero-order valence-electron chi connectivity index (χ0n) is 12.7. The minimum Gasteiger partial charge on any atom is -0.323 e. The van der Waals surface area contributed by atoms with Gasteiger partial charge in [-0.2, -0.15) is 0 Å². The van der Waals surface area contributed by atoms with Crippen molar-refractivity contribution in [2.75, 3.05) is 19.6 Å². The SMILES string of the molecule is CC(C)C1CCCN(CC(N)c2ccccc2F)CC1. The normalized spacial score (nSPS) is 22.8. The average molecular weight is 278 g/mol. The van der Waals surface area contributed by atoms with E-state index >= 15 is 0 Å². The van der Waals surface area contributed by atoms with Crippen molar-refractivity contribution in [3.05, 3.63) is 35.6 Å². The molecule has 1 aliphatic rings. The van der Waals surface area contributed by atoms with Gasteiger partial charge in [-0.3, -0.25) is 0 Å². The van der Waals surface area contributed by atoms with E-state index in [0.717, 1.165) is 31.5 Å². The van der Waals surface area contributed by atoms with Crippen molar-refractivity contribution >= 4 is 0 Å². The molecule has 0 radical (unpaired) electrons. The molecule has 0 bridgehead atoms. The number of rotatable bonds is 4. The molecule has 0 saturated carbocycles. The molecule has 1 aromatic carbocycles. The zero-order valence-corrected chi connectivity index (χ0v) is 12.7. The second kappa shape index (κ2) is 7.19. The quantitative estimate of drug-likeness (QED) is 0.912. The molecule has 2 atom stereocenters. The average Bonchev–Trinajstić information content (AvgIpc) is 2.65. The second-order valence-electron chi connectivity index (χ2n) is 6.36. The van der Waals surface area contributed by atoms with Crippen LogP contribution in [0.1, 0.15) is 44.7 Å². The van der Waals surface area contributed by atoms with Gasteiger partial charge >= 0.3 is 0 Å². The lowest BCUT2D eigenvalue weighted by Crippen LogP contribution is -2.33. The van der Waals surface area contributed by atoms with Gasteiger partial charge in [-0.1, -0.05) is 32.0 Å². The zero-order chi connectivity index (χ0) is 14.5. The van der Waals surface area contributed by atoms with E-state index in [4.69, 9.17) is 5.73 Å². The van der Waals surface area contributed by atoms with E-state index in [1.807, 2.05) is 6.07 Å². The lowest BCUT2D eigenvalue weighted by Gasteiger charge is -2.25. The van der Waals surface area contributed by atoms with Gasteiger partial charge in [-0.05, 0) is 50.3 Å². The Hall–Kier alpha value is -0.930. The van der Waals surface area contributed by atoms with Gasteiger partial charge in [0.2, 0.25) is 0 Å². The van der Waals surface area contributed by atoms with E-state index < -0.39 is 0 Å². The van der Waals surface area contributed by atoms with Crippen molar-refractivity contribution < 1.29 is 4.39 Å². The molecule has 0 amide bonds. The summed E-state index contributed by atoms with van der Waals surface area (Å²) < 4.78 is 13.7. The third kappa shape index (κ3) is 4.03. The van der Waals surface area contributed by atoms with Crippen LogP contribution in [0.5, 0.6) is 0 Å². The lowest BCUT2D eigenvalue weighted by atomic mass is 9.89. The Kier molecular flexibility index (Phi) is 5.55. The van der Waals surface area contributed by atoms with Crippen LogP contribution >= 0.6 is 0 Å². The van der Waals surface area contributed by atoms with Crippen LogP contribution in [-0.2, 0) is 0 Å². The first kappa shape index (κ1) is 15.5. The van der Waals surface area contributed by atoms with E-state index in [0.29, 0.717) is 5.56 Å². The standard InChI is InChI=1S/C17H27FN2/c1-13(2)14-6-5-10-20(11-9-14)12-17(19)15-7-3-4-8-16(15)18/h3-4,7-8,13-14,17H,5-6,9-12,19H2,1-2H3. The van der Waals surface area contributed by atoms with Crippen molar-refractivity contribution in [3.63, 3.8) is 0 Å². The molecule has 1 aromatic rings. The van der Waals surface area contributed by atoms with Gasteiger partial charge in [-0.15, -0.1) is 0 Å². The molecule has 1 aliphatic heterocycles. The number of halogens is 1. The number of nitrogens with zero attached hydrogens (tertiary/aromatic N) is 1. The van der Waals surface area contributed by atoms with Crippen LogP contribution in [0, 0.1) is 17.7 Å². The smallest absolute Gasteiger partial charge is 0.128 e. The van der Waals surface area contributed by atoms with E-state index in [1.165, 1.54) is 25.3 Å². The third-order valence-corrected chi connectivity index (χ3v) is 4.57. The Balaban J connectivity index is 1.92. The van der Waals surface area contributed by atoms with Gasteiger partial charge in [-0.25, -0.2) is 4.39 Å². The highest BCUT2D eigenvalue weighted by atomic mass is 19.1. The number of hydrogen-bond donors (Lipinski definition) is 1. The highest BCUT2D eigenvalue weighted by molar-refractivity contribution is 5.21. The molecule has 2 rings (SSSR count). The molecule has 2 N–H and O–H groups in total. The van der Waals surface area contributed by atoms with Crippen LogP contribution in [0.15, 0.2) is 24.3 Å². The van der Waals surface area contributed by atoms with Crippen LogP contribution in [0.4, 0.5) is 4.39 Å². The second-order valence-corrected chi connectivity index (χ2v) is 6.36. The Morgan fingerprint density at radius 3 is 2.70 bits per heavy atom. The molecule has 2 nitrogen and oxygen atoms in total. The topological polar surface area (TPSA) is 29.3 Å². The molecular formula is C17H27FN2. The molecule has 1 heterocycles. The summed E-state index contributed by atoms with van der Waals surface area (Å²) in [7, 11) is 0. The molecule has 112 valence electrons. The van der Waals surface area contributed by atoms with Crippen molar-refractivity contribution in [1.82, 2.24) is 4.90 Å². The highest BCUT2D eigenvalue weighted by Crippen LogP contribution is 2.25. The minimum absolute atomic E-state index is 0.185. The molecule has 1 fully saturated rings. The maximum absolute atomic E-state index is 13.7. The lowest BCUT2D eigenvalue weighted by molar-refractivity contribution is 0.256. The third-order valence-electron chi connectivity index (χ3n) is 4.57. The first-order chi connectivity index (χ1) is 9.58. The molecule has 3 heteroatoms. The summed E-state index contributed by atoms with van der Waals surface area (Å²) >= 11 is 0. The van der Waals surface area contributed by atoms with Gasteiger partial charge in [0.1, 0.15) is 5.82 Å². The van der Waals surface area contributed by atoms with Crippen LogP contribution in [0.2, 0.25) is 0 Å². The molecule has 0 aliphatic carbocycles. The van der Waals surface area contributed by atoms with E-state index in [9.17, 15) is 4.39 Å². The van der Waals surface area contributed by atoms with Gasteiger partial charge in [0.25, 0.3) is 0 Å². The summed E-state index contributed by atoms with van der Waals surface area (Å²) in [5.74, 6) is 1.40. The summed E-state index contributed by atoms with van der Waals surface area (Å²) in [6.07, 6.45) is 3.78. The largest absolute Gasteiger partial charge is 0.323 e. The van der Waals surface area contributed by atoms with Crippen molar-refractivity contribution in [3.8, 4) is 0 Å². The van der Waals surface area contributed by atoms with Crippen LogP contribution in [0.3, 0.4) is 0 Å². The number of likely N-dealkylation sites (tertiary alicyclic amines) is 1.